The second kappa shape index (κ2) is 3.82. The second-order valence-corrected chi connectivity index (χ2v) is 3.99. The number of carbonyl (C=O) groups excluding carboxylic acids is 1. The van der Waals surface area contributed by atoms with E-state index in [0.717, 1.165) is 28.4 Å². The molecule has 2 rings (SSSR count). The molecule has 0 saturated heterocycles. The molecule has 3 nitrogen and oxygen atoms in total. The summed E-state index contributed by atoms with van der Waals surface area (Å²) < 4.78 is 4.25. The minimum Gasteiger partial charge on any atom is -0.365 e. The lowest BCUT2D eigenvalue weighted by Crippen LogP contribution is -2.10. The van der Waals surface area contributed by atoms with Gasteiger partial charge in [-0.05, 0) is 18.5 Å². The first kappa shape index (κ1) is 9.86. The Morgan fingerprint density at radius 3 is 2.53 bits per heavy atom. The summed E-state index contributed by atoms with van der Waals surface area (Å²) in [5, 5.41) is 0. The third-order valence-electron chi connectivity index (χ3n) is 2.20. The summed E-state index contributed by atoms with van der Waals surface area (Å²) >= 11 is 1.15. The van der Waals surface area contributed by atoms with Crippen molar-refractivity contribution in [2.24, 2.45) is 5.73 Å². The molecular formula is C11H10N2OS. The fourth-order valence-corrected chi connectivity index (χ4v) is 2.18. The maximum atomic E-state index is 11.1. The van der Waals surface area contributed by atoms with Crippen molar-refractivity contribution in [3.63, 3.8) is 0 Å². The number of benzene rings is 1. The van der Waals surface area contributed by atoms with Gasteiger partial charge in [0.2, 0.25) is 0 Å². The molecule has 0 radical (unpaired) electrons. The van der Waals surface area contributed by atoms with E-state index in [1.54, 1.807) is 0 Å². The van der Waals surface area contributed by atoms with Gasteiger partial charge in [0.15, 0.2) is 0 Å². The average Bonchev–Trinajstić information content (AvgIpc) is 2.61. The van der Waals surface area contributed by atoms with Crippen molar-refractivity contribution in [3.05, 3.63) is 40.8 Å². The van der Waals surface area contributed by atoms with Crippen molar-refractivity contribution in [2.75, 3.05) is 0 Å². The molecule has 0 fully saturated rings. The third-order valence-corrected chi connectivity index (χ3v) is 3.16. The molecule has 1 aromatic heterocycles. The van der Waals surface area contributed by atoms with E-state index < -0.39 is 5.91 Å². The van der Waals surface area contributed by atoms with Crippen LogP contribution in [-0.2, 0) is 0 Å². The zero-order valence-electron chi connectivity index (χ0n) is 8.23. The van der Waals surface area contributed by atoms with E-state index in [-0.39, 0.29) is 0 Å². The van der Waals surface area contributed by atoms with E-state index in [1.165, 1.54) is 0 Å². The van der Waals surface area contributed by atoms with Gasteiger partial charge < -0.3 is 5.73 Å². The molecular weight excluding hydrogens is 208 g/mol. The number of nitrogens with two attached hydrogens (primary N) is 1. The van der Waals surface area contributed by atoms with Gasteiger partial charge in [-0.2, -0.15) is 4.37 Å². The summed E-state index contributed by atoms with van der Waals surface area (Å²) in [4.78, 5) is 11.6. The Morgan fingerprint density at radius 2 is 2.00 bits per heavy atom. The van der Waals surface area contributed by atoms with Gasteiger partial charge in [0.05, 0.1) is 5.69 Å². The molecule has 2 aromatic rings. The molecule has 0 bridgehead atoms. The first-order valence-corrected chi connectivity index (χ1v) is 5.29. The molecule has 0 spiro atoms. The summed E-state index contributed by atoms with van der Waals surface area (Å²) in [5.41, 5.74) is 7.95. The zero-order chi connectivity index (χ0) is 10.8. The smallest absolute Gasteiger partial charge is 0.260 e. The monoisotopic (exact) mass is 218 g/mol. The van der Waals surface area contributed by atoms with Crippen molar-refractivity contribution in [1.82, 2.24) is 4.37 Å². The number of rotatable bonds is 2. The fourth-order valence-electron chi connectivity index (χ4n) is 1.43. The van der Waals surface area contributed by atoms with Crippen LogP contribution in [-0.4, -0.2) is 10.3 Å². The van der Waals surface area contributed by atoms with Gasteiger partial charge in [0, 0.05) is 11.1 Å². The Morgan fingerprint density at radius 1 is 1.33 bits per heavy atom. The van der Waals surface area contributed by atoms with Crippen LogP contribution in [0.4, 0.5) is 0 Å². The molecule has 0 saturated carbocycles. The lowest BCUT2D eigenvalue weighted by molar-refractivity contribution is 0.100. The van der Waals surface area contributed by atoms with Crippen molar-refractivity contribution in [3.8, 4) is 11.3 Å². The minimum atomic E-state index is -0.410. The number of amides is 1. The lowest BCUT2D eigenvalue weighted by Gasteiger charge is -1.97. The van der Waals surface area contributed by atoms with Gasteiger partial charge in [-0.1, -0.05) is 30.3 Å². The Bertz CT molecular complexity index is 491. The molecule has 1 heterocycles. The largest absolute Gasteiger partial charge is 0.365 e. The van der Waals surface area contributed by atoms with Crippen LogP contribution in [0.15, 0.2) is 30.3 Å². The van der Waals surface area contributed by atoms with Crippen LogP contribution in [0, 0.1) is 6.92 Å². The maximum Gasteiger partial charge on any atom is 0.260 e. The molecule has 2 N–H and O–H groups in total. The van der Waals surface area contributed by atoms with Crippen LogP contribution in [0.25, 0.3) is 11.3 Å². The lowest BCUT2D eigenvalue weighted by atomic mass is 10.1. The maximum absolute atomic E-state index is 11.1. The van der Waals surface area contributed by atoms with Gasteiger partial charge in [-0.3, -0.25) is 4.79 Å². The zero-order valence-corrected chi connectivity index (χ0v) is 9.04. The Balaban J connectivity index is 2.52. The molecule has 1 aromatic carbocycles. The molecule has 0 unspecified atom stereocenters. The predicted molar refractivity (Wildman–Crippen MR) is 60.8 cm³/mol. The van der Waals surface area contributed by atoms with Crippen molar-refractivity contribution >= 4 is 17.4 Å². The van der Waals surface area contributed by atoms with E-state index in [0.29, 0.717) is 4.88 Å². The number of primary amides is 1. The van der Waals surface area contributed by atoms with E-state index >= 15 is 0 Å². The highest BCUT2D eigenvalue weighted by molar-refractivity contribution is 7.08. The van der Waals surface area contributed by atoms with Crippen LogP contribution in [0.3, 0.4) is 0 Å². The van der Waals surface area contributed by atoms with E-state index in [4.69, 9.17) is 5.73 Å². The van der Waals surface area contributed by atoms with Crippen molar-refractivity contribution in [1.29, 1.82) is 0 Å². The van der Waals surface area contributed by atoms with Crippen LogP contribution >= 0.6 is 11.5 Å². The van der Waals surface area contributed by atoms with Gasteiger partial charge in [0.1, 0.15) is 4.88 Å². The standard InChI is InChI=1S/C11H10N2OS/c1-7-9(8-5-3-2-4-6-8)13-15-10(7)11(12)14/h2-6H,1H3,(H2,12,14). The molecule has 0 aliphatic carbocycles. The summed E-state index contributed by atoms with van der Waals surface area (Å²) in [6, 6.07) is 9.76. The third kappa shape index (κ3) is 1.76. The topological polar surface area (TPSA) is 56.0 Å². The number of carbonyl (C=O) groups is 1. The minimum absolute atomic E-state index is 0.410. The fraction of sp³-hybridized carbons (Fsp3) is 0.0909. The first-order chi connectivity index (χ1) is 7.20. The second-order valence-electron chi connectivity index (χ2n) is 3.22. The van der Waals surface area contributed by atoms with Crippen molar-refractivity contribution < 1.29 is 4.79 Å². The molecule has 0 atom stereocenters. The first-order valence-electron chi connectivity index (χ1n) is 4.51. The van der Waals surface area contributed by atoms with Gasteiger partial charge in [0.25, 0.3) is 5.91 Å². The predicted octanol–water partition coefficient (Wildman–Crippen LogP) is 2.22. The average molecular weight is 218 g/mol. The number of hydrogen-bond acceptors (Lipinski definition) is 3. The quantitative estimate of drug-likeness (QED) is 0.840. The van der Waals surface area contributed by atoms with Gasteiger partial charge >= 0.3 is 0 Å². The summed E-state index contributed by atoms with van der Waals surface area (Å²) in [5.74, 6) is -0.410. The van der Waals surface area contributed by atoms with Gasteiger partial charge in [-0.15, -0.1) is 0 Å². The highest BCUT2D eigenvalue weighted by Crippen LogP contribution is 2.26. The number of nitrogens with zero attached hydrogens (tertiary/aromatic N) is 1. The number of aromatic nitrogens is 1. The Kier molecular flexibility index (Phi) is 2.51. The molecule has 0 aliphatic rings. The summed E-state index contributed by atoms with van der Waals surface area (Å²) in [7, 11) is 0. The Labute approximate surface area is 91.7 Å². The van der Waals surface area contributed by atoms with Crippen LogP contribution in [0.1, 0.15) is 15.2 Å². The van der Waals surface area contributed by atoms with Crippen LogP contribution < -0.4 is 5.73 Å². The normalized spacial score (nSPS) is 10.2. The van der Waals surface area contributed by atoms with E-state index in [2.05, 4.69) is 4.37 Å². The van der Waals surface area contributed by atoms with Crippen LogP contribution in [0.5, 0.6) is 0 Å². The van der Waals surface area contributed by atoms with E-state index in [9.17, 15) is 4.79 Å². The summed E-state index contributed by atoms with van der Waals surface area (Å²) in [6.45, 7) is 1.87. The van der Waals surface area contributed by atoms with Crippen molar-refractivity contribution in [2.45, 2.75) is 6.92 Å². The molecule has 76 valence electrons. The van der Waals surface area contributed by atoms with Gasteiger partial charge in [-0.25, -0.2) is 0 Å². The Hall–Kier alpha value is -1.68. The van der Waals surface area contributed by atoms with E-state index in [1.807, 2.05) is 37.3 Å². The highest BCUT2D eigenvalue weighted by Gasteiger charge is 2.14. The molecule has 15 heavy (non-hydrogen) atoms. The number of hydrogen-bond donors (Lipinski definition) is 1. The molecule has 1 amide bonds. The van der Waals surface area contributed by atoms with Crippen LogP contribution in [0.2, 0.25) is 0 Å². The summed E-state index contributed by atoms with van der Waals surface area (Å²) in [6.07, 6.45) is 0. The molecule has 4 heteroatoms. The molecule has 0 aliphatic heterocycles. The highest BCUT2D eigenvalue weighted by atomic mass is 32.1. The SMILES string of the molecule is Cc1c(-c2ccccc2)nsc1C(N)=O.